The predicted molar refractivity (Wildman–Crippen MR) is 118 cm³/mol. The lowest BCUT2D eigenvalue weighted by atomic mass is 10.1. The molecule has 5 nitrogen and oxygen atoms in total. The zero-order chi connectivity index (χ0) is 22.7. The van der Waals surface area contributed by atoms with E-state index in [9.17, 15) is 13.2 Å². The molecule has 0 aromatic heterocycles. The van der Waals surface area contributed by atoms with Crippen LogP contribution in [0.4, 0.5) is 13.2 Å². The average Bonchev–Trinajstić information content (AvgIpc) is 2.70. The monoisotopic (exact) mass is 436 g/mol. The van der Waals surface area contributed by atoms with E-state index >= 15 is 0 Å². The van der Waals surface area contributed by atoms with Gasteiger partial charge in [-0.3, -0.25) is 0 Å². The topological polar surface area (TPSA) is 48.9 Å². The van der Waals surface area contributed by atoms with Crippen molar-refractivity contribution in [2.45, 2.75) is 39.3 Å². The van der Waals surface area contributed by atoms with E-state index in [1.165, 1.54) is 5.56 Å². The minimum atomic E-state index is -4.31. The lowest BCUT2D eigenvalue weighted by molar-refractivity contribution is -0.176. The minimum Gasteiger partial charge on any atom is -0.367 e. The Labute approximate surface area is 182 Å². The molecule has 0 radical (unpaired) electrons. The average molecular weight is 437 g/mol. The number of hydrogen-bond acceptors (Lipinski definition) is 3. The van der Waals surface area contributed by atoms with Crippen molar-refractivity contribution in [2.24, 2.45) is 4.99 Å². The third-order valence-electron chi connectivity index (χ3n) is 4.27. The summed E-state index contributed by atoms with van der Waals surface area (Å²) >= 11 is 0. The van der Waals surface area contributed by atoms with Crippen LogP contribution in [0.1, 0.15) is 29.2 Å². The molecule has 2 aromatic rings. The van der Waals surface area contributed by atoms with E-state index in [2.05, 4.69) is 43.5 Å². The van der Waals surface area contributed by atoms with Crippen LogP contribution in [0, 0.1) is 0 Å². The van der Waals surface area contributed by atoms with E-state index in [1.807, 2.05) is 39.2 Å². The van der Waals surface area contributed by atoms with Crippen LogP contribution < -0.4 is 10.6 Å². The predicted octanol–water partition coefficient (Wildman–Crippen LogP) is 4.08. The summed E-state index contributed by atoms with van der Waals surface area (Å²) in [7, 11) is 4.08. The van der Waals surface area contributed by atoms with Crippen molar-refractivity contribution in [1.29, 1.82) is 0 Å². The van der Waals surface area contributed by atoms with Gasteiger partial charge in [0.1, 0.15) is 6.61 Å². The number of benzene rings is 2. The molecule has 0 saturated heterocycles. The van der Waals surface area contributed by atoms with Crippen LogP contribution in [-0.4, -0.2) is 44.3 Å². The van der Waals surface area contributed by atoms with Gasteiger partial charge in [-0.25, -0.2) is 4.99 Å². The number of nitrogens with zero attached hydrogens (tertiary/aromatic N) is 2. The highest BCUT2D eigenvalue weighted by atomic mass is 19.4. The van der Waals surface area contributed by atoms with Crippen molar-refractivity contribution in [2.75, 3.05) is 27.2 Å². The van der Waals surface area contributed by atoms with Gasteiger partial charge in [-0.05, 0) is 43.3 Å². The molecule has 0 saturated carbocycles. The maximum absolute atomic E-state index is 12.1. The van der Waals surface area contributed by atoms with Crippen LogP contribution in [0.2, 0.25) is 0 Å². The van der Waals surface area contributed by atoms with Gasteiger partial charge in [-0.15, -0.1) is 0 Å². The SMILES string of the molecule is CCNC(=NCc1cccc(CN(C)C)c1)NCc1ccc(COCC(F)(F)F)cc1. The number of halogens is 3. The fourth-order valence-electron chi connectivity index (χ4n) is 2.93. The quantitative estimate of drug-likeness (QED) is 0.435. The van der Waals surface area contributed by atoms with Crippen molar-refractivity contribution in [3.63, 3.8) is 0 Å². The van der Waals surface area contributed by atoms with Crippen molar-refractivity contribution in [1.82, 2.24) is 15.5 Å². The van der Waals surface area contributed by atoms with Crippen LogP contribution in [0.5, 0.6) is 0 Å². The lowest BCUT2D eigenvalue weighted by Gasteiger charge is -2.13. The Bertz CT molecular complexity index is 820. The zero-order valence-electron chi connectivity index (χ0n) is 18.3. The summed E-state index contributed by atoms with van der Waals surface area (Å²) in [5.74, 6) is 0.707. The van der Waals surface area contributed by atoms with E-state index in [0.29, 0.717) is 24.6 Å². The second kappa shape index (κ2) is 12.3. The van der Waals surface area contributed by atoms with Gasteiger partial charge in [0.15, 0.2) is 5.96 Å². The molecule has 31 heavy (non-hydrogen) atoms. The molecule has 0 heterocycles. The highest BCUT2D eigenvalue weighted by Gasteiger charge is 2.27. The Hall–Kier alpha value is -2.58. The van der Waals surface area contributed by atoms with Crippen LogP contribution in [0.3, 0.4) is 0 Å². The maximum atomic E-state index is 12.1. The third kappa shape index (κ3) is 10.3. The van der Waals surface area contributed by atoms with Crippen molar-refractivity contribution < 1.29 is 17.9 Å². The van der Waals surface area contributed by atoms with Gasteiger partial charge >= 0.3 is 6.18 Å². The molecular weight excluding hydrogens is 405 g/mol. The zero-order valence-corrected chi connectivity index (χ0v) is 18.3. The van der Waals surface area contributed by atoms with Crippen LogP contribution in [0.15, 0.2) is 53.5 Å². The van der Waals surface area contributed by atoms with Crippen LogP contribution in [-0.2, 0) is 31.0 Å². The second-order valence-corrected chi connectivity index (χ2v) is 7.53. The van der Waals surface area contributed by atoms with Crippen LogP contribution >= 0.6 is 0 Å². The van der Waals surface area contributed by atoms with Crippen molar-refractivity contribution in [3.8, 4) is 0 Å². The normalized spacial score (nSPS) is 12.3. The smallest absolute Gasteiger partial charge is 0.367 e. The van der Waals surface area contributed by atoms with Gasteiger partial charge in [-0.1, -0.05) is 48.5 Å². The Kier molecular flexibility index (Phi) is 9.81. The second-order valence-electron chi connectivity index (χ2n) is 7.53. The van der Waals surface area contributed by atoms with E-state index in [0.717, 1.165) is 24.2 Å². The van der Waals surface area contributed by atoms with E-state index in [-0.39, 0.29) is 6.61 Å². The number of guanidine groups is 1. The first kappa shape index (κ1) is 24.7. The fraction of sp³-hybridized carbons (Fsp3) is 0.435. The molecule has 0 bridgehead atoms. The molecule has 170 valence electrons. The Balaban J connectivity index is 1.88. The summed E-state index contributed by atoms with van der Waals surface area (Å²) in [6.07, 6.45) is -4.31. The van der Waals surface area contributed by atoms with E-state index < -0.39 is 12.8 Å². The number of alkyl halides is 3. The molecule has 0 fully saturated rings. The summed E-state index contributed by atoms with van der Waals surface area (Å²) in [5.41, 5.74) is 4.08. The van der Waals surface area contributed by atoms with Gasteiger partial charge in [0.25, 0.3) is 0 Å². The van der Waals surface area contributed by atoms with Gasteiger partial charge in [0.2, 0.25) is 0 Å². The molecule has 2 N–H and O–H groups in total. The molecular formula is C23H31F3N4O. The highest BCUT2D eigenvalue weighted by Crippen LogP contribution is 2.16. The lowest BCUT2D eigenvalue weighted by Crippen LogP contribution is -2.36. The van der Waals surface area contributed by atoms with Gasteiger partial charge in [0.05, 0.1) is 13.2 Å². The molecule has 0 aliphatic carbocycles. The molecule has 0 aliphatic heterocycles. The molecule has 0 aliphatic rings. The molecule has 0 unspecified atom stereocenters. The number of hydrogen-bond donors (Lipinski definition) is 2. The molecule has 0 spiro atoms. The number of nitrogens with one attached hydrogen (secondary N) is 2. The number of ether oxygens (including phenoxy) is 1. The summed E-state index contributed by atoms with van der Waals surface area (Å²) in [6, 6.07) is 15.7. The molecule has 2 aromatic carbocycles. The van der Waals surface area contributed by atoms with E-state index in [4.69, 9.17) is 0 Å². The molecule has 0 atom stereocenters. The van der Waals surface area contributed by atoms with Crippen molar-refractivity contribution >= 4 is 5.96 Å². The molecule has 0 amide bonds. The first-order valence-electron chi connectivity index (χ1n) is 10.2. The summed E-state index contributed by atoms with van der Waals surface area (Å²) in [5, 5.41) is 6.51. The third-order valence-corrected chi connectivity index (χ3v) is 4.27. The molecule has 2 rings (SSSR count). The minimum absolute atomic E-state index is 0.0653. The Morgan fingerprint density at radius 2 is 1.65 bits per heavy atom. The summed E-state index contributed by atoms with van der Waals surface area (Å²) < 4.78 is 41.1. The van der Waals surface area contributed by atoms with Gasteiger partial charge in [0, 0.05) is 19.6 Å². The highest BCUT2D eigenvalue weighted by molar-refractivity contribution is 5.79. The molecule has 8 heteroatoms. The Morgan fingerprint density at radius 1 is 0.968 bits per heavy atom. The number of aliphatic imine (C=N–C) groups is 1. The van der Waals surface area contributed by atoms with Gasteiger partial charge in [-0.2, -0.15) is 13.2 Å². The number of rotatable bonds is 10. The van der Waals surface area contributed by atoms with E-state index in [1.54, 1.807) is 12.1 Å². The summed E-state index contributed by atoms with van der Waals surface area (Å²) in [6.45, 7) is 3.43. The largest absolute Gasteiger partial charge is 0.411 e. The Morgan fingerprint density at radius 3 is 2.29 bits per heavy atom. The summed E-state index contributed by atoms with van der Waals surface area (Å²) in [4.78, 5) is 6.78. The van der Waals surface area contributed by atoms with Gasteiger partial charge < -0.3 is 20.3 Å². The first-order chi connectivity index (χ1) is 14.7. The standard InChI is InChI=1S/C23H31F3N4O/c1-4-27-22(29-14-20-6-5-7-21(12-20)15-30(2)3)28-13-18-8-10-19(11-9-18)16-31-17-23(24,25)26/h5-12H,4,13-17H2,1-3H3,(H2,27,28,29). The van der Waals surface area contributed by atoms with Crippen LogP contribution in [0.25, 0.3) is 0 Å². The van der Waals surface area contributed by atoms with Crippen molar-refractivity contribution in [3.05, 3.63) is 70.8 Å². The first-order valence-corrected chi connectivity index (χ1v) is 10.2. The fourth-order valence-corrected chi connectivity index (χ4v) is 2.93. The maximum Gasteiger partial charge on any atom is 0.411 e.